The predicted octanol–water partition coefficient (Wildman–Crippen LogP) is 0.695. The maximum absolute atomic E-state index is 10.8. The second kappa shape index (κ2) is 3.53. The van der Waals surface area contributed by atoms with Crippen molar-refractivity contribution < 1.29 is 9.90 Å². The van der Waals surface area contributed by atoms with Crippen molar-refractivity contribution in [2.45, 2.75) is 6.54 Å². The molecule has 0 saturated heterocycles. The van der Waals surface area contributed by atoms with Gasteiger partial charge in [0.15, 0.2) is 5.43 Å². The van der Waals surface area contributed by atoms with Gasteiger partial charge >= 0.3 is 5.97 Å². The first-order valence-corrected chi connectivity index (χ1v) is 3.96. The Bertz CT molecular complexity index is 358. The molecule has 12 heavy (non-hydrogen) atoms. The number of carboxylic acid groups (broad SMARTS) is 1. The maximum Gasteiger partial charge on any atom is 0.323 e. The molecule has 0 spiro atoms. The quantitative estimate of drug-likeness (QED) is 0.816. The number of halogens is 1. The van der Waals surface area contributed by atoms with E-state index in [9.17, 15) is 9.59 Å². The average Bonchev–Trinajstić information content (AvgIpc) is 1.96. The monoisotopic (exact) mass is 231 g/mol. The molecule has 0 aliphatic carbocycles. The molecule has 1 heterocycles. The summed E-state index contributed by atoms with van der Waals surface area (Å²) >= 11 is 3.01. The van der Waals surface area contributed by atoms with Gasteiger partial charge in [-0.3, -0.25) is 9.59 Å². The fourth-order valence-electron chi connectivity index (χ4n) is 0.750. The lowest BCUT2D eigenvalue weighted by Crippen LogP contribution is -2.11. The number of nitrogens with zero attached hydrogens (tertiary/aromatic N) is 1. The topological polar surface area (TPSA) is 59.3 Å². The summed E-state index contributed by atoms with van der Waals surface area (Å²) in [5, 5.41) is 8.41. The molecule has 1 aromatic heterocycles. The van der Waals surface area contributed by atoms with E-state index in [0.717, 1.165) is 0 Å². The first-order valence-electron chi connectivity index (χ1n) is 3.17. The largest absolute Gasteiger partial charge is 0.480 e. The third-order valence-electron chi connectivity index (χ3n) is 1.25. The van der Waals surface area contributed by atoms with E-state index in [1.807, 2.05) is 0 Å². The number of rotatable bonds is 2. The van der Waals surface area contributed by atoms with Crippen LogP contribution in [0.15, 0.2) is 27.7 Å². The lowest BCUT2D eigenvalue weighted by atomic mass is 10.4. The van der Waals surface area contributed by atoms with Crippen molar-refractivity contribution in [2.24, 2.45) is 0 Å². The van der Waals surface area contributed by atoms with Crippen LogP contribution in [0.4, 0.5) is 0 Å². The van der Waals surface area contributed by atoms with Crippen LogP contribution in [-0.4, -0.2) is 15.6 Å². The van der Waals surface area contributed by atoms with Gasteiger partial charge in [-0.05, 0) is 15.9 Å². The van der Waals surface area contributed by atoms with Crippen molar-refractivity contribution in [3.8, 4) is 0 Å². The Morgan fingerprint density at radius 2 is 2.33 bits per heavy atom. The fourth-order valence-corrected chi connectivity index (χ4v) is 1.14. The summed E-state index contributed by atoms with van der Waals surface area (Å²) in [6.07, 6.45) is 2.87. The Morgan fingerprint density at radius 3 is 2.83 bits per heavy atom. The van der Waals surface area contributed by atoms with Crippen LogP contribution in [0.3, 0.4) is 0 Å². The number of hydrogen-bond acceptors (Lipinski definition) is 2. The van der Waals surface area contributed by atoms with Gasteiger partial charge in [0.2, 0.25) is 0 Å². The van der Waals surface area contributed by atoms with E-state index in [1.165, 1.54) is 23.0 Å². The molecule has 0 fully saturated rings. The molecule has 0 bridgehead atoms. The molecule has 0 aromatic carbocycles. The molecule has 0 aliphatic rings. The predicted molar refractivity (Wildman–Crippen MR) is 46.0 cm³/mol. The third kappa shape index (κ3) is 2.20. The molecule has 4 nitrogen and oxygen atoms in total. The average molecular weight is 232 g/mol. The SMILES string of the molecule is O=C(O)Cn1ccc(=O)c(Br)c1. The summed E-state index contributed by atoms with van der Waals surface area (Å²) in [7, 11) is 0. The number of carbonyl (C=O) groups is 1. The van der Waals surface area contributed by atoms with E-state index < -0.39 is 5.97 Å². The molecule has 0 amide bonds. The normalized spacial score (nSPS) is 9.75. The summed E-state index contributed by atoms with van der Waals surface area (Å²) in [4.78, 5) is 21.1. The van der Waals surface area contributed by atoms with Crippen LogP contribution in [0.2, 0.25) is 0 Å². The minimum atomic E-state index is -0.939. The van der Waals surface area contributed by atoms with E-state index in [1.54, 1.807) is 0 Å². The molecule has 0 unspecified atom stereocenters. The van der Waals surface area contributed by atoms with Crippen LogP contribution >= 0.6 is 15.9 Å². The molecule has 1 N–H and O–H groups in total. The summed E-state index contributed by atoms with van der Waals surface area (Å²) in [6.45, 7) is -0.140. The molecule has 0 saturated carbocycles. The van der Waals surface area contributed by atoms with E-state index in [-0.39, 0.29) is 12.0 Å². The number of hydrogen-bond donors (Lipinski definition) is 1. The van der Waals surface area contributed by atoms with Gasteiger partial charge < -0.3 is 9.67 Å². The molecule has 0 radical (unpaired) electrons. The summed E-state index contributed by atoms with van der Waals surface area (Å²) < 4.78 is 1.78. The third-order valence-corrected chi connectivity index (χ3v) is 1.85. The highest BCUT2D eigenvalue weighted by Crippen LogP contribution is 2.00. The van der Waals surface area contributed by atoms with E-state index >= 15 is 0 Å². The fraction of sp³-hybridized carbons (Fsp3) is 0.143. The van der Waals surface area contributed by atoms with Gasteiger partial charge in [-0.2, -0.15) is 0 Å². The first-order chi connectivity index (χ1) is 5.59. The van der Waals surface area contributed by atoms with Gasteiger partial charge in [0.05, 0.1) is 4.47 Å². The van der Waals surface area contributed by atoms with Crippen LogP contribution in [0.25, 0.3) is 0 Å². The Morgan fingerprint density at radius 1 is 1.67 bits per heavy atom. The molecule has 5 heteroatoms. The van der Waals surface area contributed by atoms with Gasteiger partial charge in [-0.1, -0.05) is 0 Å². The molecule has 0 atom stereocenters. The van der Waals surface area contributed by atoms with Crippen molar-refractivity contribution in [2.75, 3.05) is 0 Å². The zero-order valence-corrected chi connectivity index (χ0v) is 7.61. The Kier molecular flexibility index (Phi) is 2.65. The van der Waals surface area contributed by atoms with Gasteiger partial charge in [0.1, 0.15) is 6.54 Å². The van der Waals surface area contributed by atoms with Crippen molar-refractivity contribution in [1.82, 2.24) is 4.57 Å². The van der Waals surface area contributed by atoms with Crippen molar-refractivity contribution in [3.63, 3.8) is 0 Å². The van der Waals surface area contributed by atoms with Crippen LogP contribution in [0, 0.1) is 0 Å². The number of aromatic nitrogens is 1. The second-order valence-corrected chi connectivity index (χ2v) is 3.08. The minimum Gasteiger partial charge on any atom is -0.480 e. The van der Waals surface area contributed by atoms with Gasteiger partial charge in [-0.25, -0.2) is 0 Å². The van der Waals surface area contributed by atoms with E-state index in [2.05, 4.69) is 15.9 Å². The van der Waals surface area contributed by atoms with Crippen LogP contribution in [-0.2, 0) is 11.3 Å². The maximum atomic E-state index is 10.8. The number of aliphatic carboxylic acids is 1. The zero-order chi connectivity index (χ0) is 9.14. The van der Waals surface area contributed by atoms with Gasteiger partial charge in [0, 0.05) is 18.5 Å². The van der Waals surface area contributed by atoms with Crippen molar-refractivity contribution in [1.29, 1.82) is 0 Å². The second-order valence-electron chi connectivity index (χ2n) is 2.22. The van der Waals surface area contributed by atoms with Gasteiger partial charge in [-0.15, -0.1) is 0 Å². The highest BCUT2D eigenvalue weighted by atomic mass is 79.9. The Hall–Kier alpha value is -1.10. The van der Waals surface area contributed by atoms with Gasteiger partial charge in [0.25, 0.3) is 0 Å². The molecular formula is C7H6BrNO3. The highest BCUT2D eigenvalue weighted by Gasteiger charge is 1.99. The zero-order valence-electron chi connectivity index (χ0n) is 6.03. The Labute approximate surface area is 76.6 Å². The summed E-state index contributed by atoms with van der Waals surface area (Å²) in [6, 6.07) is 1.31. The van der Waals surface area contributed by atoms with E-state index in [4.69, 9.17) is 5.11 Å². The molecule has 0 aliphatic heterocycles. The van der Waals surface area contributed by atoms with Crippen molar-refractivity contribution >= 4 is 21.9 Å². The number of carboxylic acids is 1. The summed E-state index contributed by atoms with van der Waals surface area (Å²) in [5.74, 6) is -0.939. The minimum absolute atomic E-state index is 0.140. The van der Waals surface area contributed by atoms with Crippen molar-refractivity contribution in [3.05, 3.63) is 33.2 Å². The molecular weight excluding hydrogens is 226 g/mol. The lowest BCUT2D eigenvalue weighted by Gasteiger charge is -2.01. The van der Waals surface area contributed by atoms with Crippen LogP contribution in [0.1, 0.15) is 0 Å². The molecule has 1 rings (SSSR count). The first kappa shape index (κ1) is 8.99. The summed E-state index contributed by atoms with van der Waals surface area (Å²) in [5.41, 5.74) is -0.156. The number of pyridine rings is 1. The standard InChI is InChI=1S/C7H6BrNO3/c8-5-3-9(4-7(11)12)2-1-6(5)10/h1-3H,4H2,(H,11,12). The molecule has 64 valence electrons. The highest BCUT2D eigenvalue weighted by molar-refractivity contribution is 9.10. The van der Waals surface area contributed by atoms with Crippen LogP contribution in [0.5, 0.6) is 0 Å². The Balaban J connectivity index is 2.97. The van der Waals surface area contributed by atoms with E-state index in [0.29, 0.717) is 4.47 Å². The van der Waals surface area contributed by atoms with Crippen LogP contribution < -0.4 is 5.43 Å². The lowest BCUT2D eigenvalue weighted by molar-refractivity contribution is -0.137. The smallest absolute Gasteiger partial charge is 0.323 e. The molecule has 1 aromatic rings.